The summed E-state index contributed by atoms with van der Waals surface area (Å²) < 4.78 is 5.09. The molecule has 0 bridgehead atoms. The van der Waals surface area contributed by atoms with Gasteiger partial charge in [0.25, 0.3) is 6.01 Å². The van der Waals surface area contributed by atoms with Crippen molar-refractivity contribution in [2.75, 3.05) is 5.73 Å². The minimum atomic E-state index is 0.263. The molecule has 66 valence electrons. The molecule has 0 fully saturated rings. The minimum absolute atomic E-state index is 0.263. The third kappa shape index (κ3) is 1.67. The number of anilines is 1. The summed E-state index contributed by atoms with van der Waals surface area (Å²) in [6, 6.07) is 0.263. The van der Waals surface area contributed by atoms with E-state index in [9.17, 15) is 0 Å². The first-order valence-corrected chi connectivity index (χ1v) is 4.29. The highest BCUT2D eigenvalue weighted by Crippen LogP contribution is 1.95. The molecule has 2 rings (SSSR count). The summed E-state index contributed by atoms with van der Waals surface area (Å²) in [6.45, 7) is 4.00. The van der Waals surface area contributed by atoms with Crippen LogP contribution >= 0.6 is 0 Å². The van der Waals surface area contributed by atoms with E-state index in [-0.39, 0.29) is 6.01 Å². The normalized spacial score (nSPS) is 13.2. The van der Waals surface area contributed by atoms with Gasteiger partial charge in [0.15, 0.2) is 5.42 Å². The van der Waals surface area contributed by atoms with Gasteiger partial charge >= 0.3 is 0 Å². The van der Waals surface area contributed by atoms with Gasteiger partial charge in [-0.3, -0.25) is 0 Å². The van der Waals surface area contributed by atoms with Gasteiger partial charge in [-0.2, -0.15) is 4.98 Å². The number of nitrogen functional groups attached to an aromatic ring is 1. The molecule has 0 spiro atoms. The van der Waals surface area contributed by atoms with Crippen molar-refractivity contribution in [1.29, 1.82) is 0 Å². The maximum Gasteiger partial charge on any atom is 0.292 e. The van der Waals surface area contributed by atoms with Crippen molar-refractivity contribution < 1.29 is 4.42 Å². The van der Waals surface area contributed by atoms with Crippen LogP contribution in [0.15, 0.2) is 4.42 Å². The highest BCUT2D eigenvalue weighted by molar-refractivity contribution is 5.33. The quantitative estimate of drug-likeness (QED) is 0.615. The molecule has 0 saturated carbocycles. The molecule has 0 atom stereocenters. The van der Waals surface area contributed by atoms with Crippen LogP contribution in [0.4, 0.5) is 6.01 Å². The molecular weight excluding hydrogens is 152 g/mol. The van der Waals surface area contributed by atoms with Gasteiger partial charge in [0.2, 0.25) is 0 Å². The van der Waals surface area contributed by atoms with Crippen LogP contribution in [0.5, 0.6) is 0 Å². The van der Waals surface area contributed by atoms with Crippen molar-refractivity contribution in [3.8, 4) is 0 Å². The molecule has 1 aliphatic rings. The fourth-order valence-corrected chi connectivity index (χ4v) is 1.09. The molecule has 1 heterocycles. The Balaban J connectivity index is 0.000000336. The summed E-state index contributed by atoms with van der Waals surface area (Å²) in [5, 5.41) is 0.892. The lowest BCUT2D eigenvalue weighted by atomic mass is 10.2. The first kappa shape index (κ1) is 8.84. The fraction of sp³-hybridized carbons (Fsp3) is 0.444. The van der Waals surface area contributed by atoms with Crippen LogP contribution in [-0.2, 0) is 0 Å². The molecule has 0 saturated heterocycles. The Bertz CT molecular complexity index is 318. The number of nitrogens with two attached hydrogens (primary N) is 1. The van der Waals surface area contributed by atoms with Crippen LogP contribution in [0.25, 0.3) is 12.2 Å². The van der Waals surface area contributed by atoms with E-state index in [0.717, 1.165) is 23.6 Å². The van der Waals surface area contributed by atoms with E-state index in [2.05, 4.69) is 4.98 Å². The summed E-state index contributed by atoms with van der Waals surface area (Å²) in [4.78, 5) is 3.98. The van der Waals surface area contributed by atoms with Crippen molar-refractivity contribution in [2.45, 2.75) is 26.7 Å². The van der Waals surface area contributed by atoms with Crippen molar-refractivity contribution in [3.05, 3.63) is 10.8 Å². The first-order valence-electron chi connectivity index (χ1n) is 4.29. The van der Waals surface area contributed by atoms with Crippen molar-refractivity contribution in [1.82, 2.24) is 4.98 Å². The zero-order chi connectivity index (χ0) is 8.97. The van der Waals surface area contributed by atoms with Gasteiger partial charge in [-0.05, 0) is 18.9 Å². The molecule has 0 aromatic carbocycles. The zero-order valence-electron chi connectivity index (χ0n) is 7.50. The zero-order valence-corrected chi connectivity index (χ0v) is 7.50. The number of rotatable bonds is 0. The van der Waals surface area contributed by atoms with Gasteiger partial charge in [0.05, 0.1) is 0 Å². The van der Waals surface area contributed by atoms with E-state index in [4.69, 9.17) is 10.2 Å². The van der Waals surface area contributed by atoms with Gasteiger partial charge < -0.3 is 10.2 Å². The molecule has 1 aromatic heterocycles. The standard InChI is InChI=1S/C7H8N2O.C2H6/c8-7-9-5-3-1-2-4-6(5)10-7;1-2/h3-4H,1-2H2,(H2,8,9);1-2H3. The summed E-state index contributed by atoms with van der Waals surface area (Å²) in [5.74, 6) is 0. The number of oxazole rings is 1. The van der Waals surface area contributed by atoms with Crippen molar-refractivity contribution in [3.63, 3.8) is 0 Å². The molecule has 2 N–H and O–H groups in total. The third-order valence-corrected chi connectivity index (χ3v) is 1.53. The van der Waals surface area contributed by atoms with Gasteiger partial charge in [-0.15, -0.1) is 0 Å². The number of hydrogen-bond donors (Lipinski definition) is 1. The maximum atomic E-state index is 5.34. The van der Waals surface area contributed by atoms with E-state index in [0.29, 0.717) is 0 Å². The van der Waals surface area contributed by atoms with Crippen molar-refractivity contribution in [2.24, 2.45) is 0 Å². The topological polar surface area (TPSA) is 52.0 Å². The highest BCUT2D eigenvalue weighted by atomic mass is 16.4. The Morgan fingerprint density at radius 3 is 2.67 bits per heavy atom. The largest absolute Gasteiger partial charge is 0.424 e. The lowest BCUT2D eigenvalue weighted by Gasteiger charge is -1.88. The summed E-state index contributed by atoms with van der Waals surface area (Å²) >= 11 is 0. The average molecular weight is 166 g/mol. The Kier molecular flexibility index (Phi) is 2.91. The third-order valence-electron chi connectivity index (χ3n) is 1.53. The van der Waals surface area contributed by atoms with E-state index < -0.39 is 0 Å². The minimum Gasteiger partial charge on any atom is -0.424 e. The molecular formula is C9H14N2O. The molecule has 3 heteroatoms. The SMILES string of the molecule is CC.Nc1nc2c(o1)=CCCC=2. The van der Waals surface area contributed by atoms with Crippen LogP contribution in [0.3, 0.4) is 0 Å². The lowest BCUT2D eigenvalue weighted by Crippen LogP contribution is -2.23. The second kappa shape index (κ2) is 3.95. The Morgan fingerprint density at radius 2 is 2.00 bits per heavy atom. The van der Waals surface area contributed by atoms with Gasteiger partial charge in [-0.1, -0.05) is 19.9 Å². The predicted molar refractivity (Wildman–Crippen MR) is 49.7 cm³/mol. The number of nitrogens with zero attached hydrogens (tertiary/aromatic N) is 1. The fourth-order valence-electron chi connectivity index (χ4n) is 1.09. The van der Waals surface area contributed by atoms with E-state index in [1.807, 2.05) is 26.0 Å². The molecule has 1 aliphatic carbocycles. The summed E-state index contributed by atoms with van der Waals surface area (Å²) in [5.41, 5.74) is 6.16. The summed E-state index contributed by atoms with van der Waals surface area (Å²) in [6.07, 6.45) is 6.12. The van der Waals surface area contributed by atoms with Gasteiger partial charge in [0, 0.05) is 0 Å². The number of aromatic nitrogens is 1. The number of fused-ring (bicyclic) bond motifs is 1. The molecule has 0 radical (unpaired) electrons. The molecule has 0 aliphatic heterocycles. The van der Waals surface area contributed by atoms with Crippen LogP contribution in [-0.4, -0.2) is 4.98 Å². The van der Waals surface area contributed by atoms with Crippen LogP contribution < -0.4 is 16.5 Å². The van der Waals surface area contributed by atoms with Crippen LogP contribution in [0.1, 0.15) is 26.7 Å². The predicted octanol–water partition coefficient (Wildman–Crippen LogP) is 0.638. The Labute approximate surface area is 71.6 Å². The molecule has 0 unspecified atom stereocenters. The van der Waals surface area contributed by atoms with E-state index in [1.54, 1.807) is 0 Å². The summed E-state index contributed by atoms with van der Waals surface area (Å²) in [7, 11) is 0. The van der Waals surface area contributed by atoms with Crippen molar-refractivity contribution >= 4 is 18.2 Å². The highest BCUT2D eigenvalue weighted by Gasteiger charge is 1.98. The molecule has 12 heavy (non-hydrogen) atoms. The van der Waals surface area contributed by atoms with E-state index >= 15 is 0 Å². The molecule has 1 aromatic rings. The second-order valence-corrected chi connectivity index (χ2v) is 2.29. The van der Waals surface area contributed by atoms with Gasteiger partial charge in [0.1, 0.15) is 5.35 Å². The second-order valence-electron chi connectivity index (χ2n) is 2.29. The molecule has 3 nitrogen and oxygen atoms in total. The smallest absolute Gasteiger partial charge is 0.292 e. The lowest BCUT2D eigenvalue weighted by molar-refractivity contribution is 0.543. The number of hydrogen-bond acceptors (Lipinski definition) is 3. The molecule has 0 amide bonds. The van der Waals surface area contributed by atoms with Crippen LogP contribution in [0.2, 0.25) is 0 Å². The van der Waals surface area contributed by atoms with E-state index in [1.165, 1.54) is 0 Å². The maximum absolute atomic E-state index is 5.34. The average Bonchev–Trinajstić information content (AvgIpc) is 2.48. The van der Waals surface area contributed by atoms with Crippen LogP contribution in [0, 0.1) is 0 Å². The Hall–Kier alpha value is -1.25. The van der Waals surface area contributed by atoms with Gasteiger partial charge in [-0.25, -0.2) is 0 Å². The monoisotopic (exact) mass is 166 g/mol. The first-order chi connectivity index (χ1) is 5.86. The Morgan fingerprint density at radius 1 is 1.33 bits per heavy atom.